The van der Waals surface area contributed by atoms with E-state index in [2.05, 4.69) is 41.2 Å². The molecule has 31 heavy (non-hydrogen) atoms. The maximum atomic E-state index is 13.0. The summed E-state index contributed by atoms with van der Waals surface area (Å²) >= 11 is 0. The molecule has 1 saturated heterocycles. The van der Waals surface area contributed by atoms with Crippen LogP contribution in [0.15, 0.2) is 48.5 Å². The highest BCUT2D eigenvalue weighted by Crippen LogP contribution is 2.31. The highest BCUT2D eigenvalue weighted by Gasteiger charge is 2.29. The first-order chi connectivity index (χ1) is 15.0. The first-order valence-electron chi connectivity index (χ1n) is 11.1. The molecule has 1 aromatic heterocycles. The summed E-state index contributed by atoms with van der Waals surface area (Å²) in [6.45, 7) is 8.22. The standard InChI is InChI=1S/C25H30N4O2/c1-4-31-25-23(27-21-9-5-6-10-22(21)28-25)29-15-7-8-19(16-29)24(30)26-20-13-11-18(12-14-20)17(2)3/h5-6,9-14,17,19H,4,7-8,15-16H2,1-3H3,(H,26,30)/t19-/m0/s1. The number of fused-ring (bicyclic) bond motifs is 1. The molecule has 3 aromatic rings. The second kappa shape index (κ2) is 9.33. The molecule has 1 fully saturated rings. The number of carbonyl (C=O) groups excluding carboxylic acids is 1. The number of carbonyl (C=O) groups is 1. The highest BCUT2D eigenvalue weighted by atomic mass is 16.5. The average molecular weight is 419 g/mol. The Morgan fingerprint density at radius 1 is 1.13 bits per heavy atom. The number of amides is 1. The molecule has 0 bridgehead atoms. The van der Waals surface area contributed by atoms with Crippen LogP contribution in [0.3, 0.4) is 0 Å². The second-order valence-electron chi connectivity index (χ2n) is 8.33. The van der Waals surface area contributed by atoms with Gasteiger partial charge in [-0.15, -0.1) is 0 Å². The molecule has 2 aromatic carbocycles. The Balaban J connectivity index is 1.51. The first kappa shape index (κ1) is 21.1. The molecule has 4 rings (SSSR count). The smallest absolute Gasteiger partial charge is 0.258 e. The molecule has 0 aliphatic carbocycles. The molecule has 1 atom stereocenters. The van der Waals surface area contributed by atoms with E-state index >= 15 is 0 Å². The van der Waals surface area contributed by atoms with Gasteiger partial charge in [-0.05, 0) is 55.5 Å². The van der Waals surface area contributed by atoms with Crippen LogP contribution in [0.25, 0.3) is 11.0 Å². The summed E-state index contributed by atoms with van der Waals surface area (Å²) in [6.07, 6.45) is 1.78. The Kier molecular flexibility index (Phi) is 6.35. The molecule has 6 nitrogen and oxygen atoms in total. The molecule has 162 valence electrons. The first-order valence-corrected chi connectivity index (χ1v) is 11.1. The molecule has 2 heterocycles. The Labute approximate surface area is 183 Å². The van der Waals surface area contributed by atoms with Gasteiger partial charge in [0, 0.05) is 18.8 Å². The van der Waals surface area contributed by atoms with Gasteiger partial charge in [-0.1, -0.05) is 38.1 Å². The molecule has 0 radical (unpaired) electrons. The summed E-state index contributed by atoms with van der Waals surface area (Å²) in [5.41, 5.74) is 3.75. The lowest BCUT2D eigenvalue weighted by atomic mass is 9.97. The Hall–Kier alpha value is -3.15. The van der Waals surface area contributed by atoms with Gasteiger partial charge in [0.15, 0.2) is 5.82 Å². The van der Waals surface area contributed by atoms with Crippen LogP contribution in [-0.2, 0) is 4.79 Å². The SMILES string of the molecule is CCOc1nc2ccccc2nc1N1CCC[C@H](C(=O)Nc2ccc(C(C)C)cc2)C1. The zero-order valence-electron chi connectivity index (χ0n) is 18.5. The van der Waals surface area contributed by atoms with Crippen LogP contribution in [0.2, 0.25) is 0 Å². The van der Waals surface area contributed by atoms with Crippen molar-refractivity contribution in [2.45, 2.75) is 39.5 Å². The van der Waals surface area contributed by atoms with Crippen LogP contribution in [0.5, 0.6) is 5.88 Å². The zero-order chi connectivity index (χ0) is 21.8. The largest absolute Gasteiger partial charge is 0.475 e. The minimum atomic E-state index is -0.110. The van der Waals surface area contributed by atoms with Crippen molar-refractivity contribution in [2.75, 3.05) is 29.9 Å². The van der Waals surface area contributed by atoms with Gasteiger partial charge in [0.05, 0.1) is 23.6 Å². The number of aromatic nitrogens is 2. The highest BCUT2D eigenvalue weighted by molar-refractivity contribution is 5.93. The van der Waals surface area contributed by atoms with Crippen molar-refractivity contribution >= 4 is 28.4 Å². The van der Waals surface area contributed by atoms with Crippen molar-refractivity contribution in [2.24, 2.45) is 5.92 Å². The third kappa shape index (κ3) is 4.79. The van der Waals surface area contributed by atoms with Crippen molar-refractivity contribution in [3.63, 3.8) is 0 Å². The predicted molar refractivity (Wildman–Crippen MR) is 125 cm³/mol. The summed E-state index contributed by atoms with van der Waals surface area (Å²) in [5, 5.41) is 3.09. The lowest BCUT2D eigenvalue weighted by Crippen LogP contribution is -2.41. The van der Waals surface area contributed by atoms with E-state index in [1.165, 1.54) is 5.56 Å². The van der Waals surface area contributed by atoms with Crippen LogP contribution in [-0.4, -0.2) is 35.6 Å². The van der Waals surface area contributed by atoms with Gasteiger partial charge < -0.3 is 15.0 Å². The number of benzene rings is 2. The van der Waals surface area contributed by atoms with Gasteiger partial charge in [-0.25, -0.2) is 9.97 Å². The number of rotatable bonds is 6. The minimum Gasteiger partial charge on any atom is -0.475 e. The normalized spacial score (nSPS) is 16.5. The molecule has 0 saturated carbocycles. The topological polar surface area (TPSA) is 67.4 Å². The summed E-state index contributed by atoms with van der Waals surface area (Å²) in [7, 11) is 0. The molecule has 1 amide bonds. The second-order valence-corrected chi connectivity index (χ2v) is 8.33. The van der Waals surface area contributed by atoms with E-state index in [1.807, 2.05) is 43.3 Å². The molecule has 6 heteroatoms. The van der Waals surface area contributed by atoms with Crippen molar-refractivity contribution in [1.82, 2.24) is 9.97 Å². The maximum Gasteiger partial charge on any atom is 0.258 e. The fourth-order valence-electron chi connectivity index (χ4n) is 3.99. The fraction of sp³-hybridized carbons (Fsp3) is 0.400. The van der Waals surface area contributed by atoms with Crippen molar-refractivity contribution in [3.05, 3.63) is 54.1 Å². The molecular formula is C25H30N4O2. The van der Waals surface area contributed by atoms with Gasteiger partial charge >= 0.3 is 0 Å². The Morgan fingerprint density at radius 2 is 1.84 bits per heavy atom. The quantitative estimate of drug-likeness (QED) is 0.610. The minimum absolute atomic E-state index is 0.0497. The van der Waals surface area contributed by atoms with Gasteiger partial charge in [-0.2, -0.15) is 0 Å². The third-order valence-electron chi connectivity index (χ3n) is 5.74. The molecule has 1 aliphatic heterocycles. The van der Waals surface area contributed by atoms with Crippen molar-refractivity contribution in [1.29, 1.82) is 0 Å². The van der Waals surface area contributed by atoms with Gasteiger partial charge in [0.1, 0.15) is 0 Å². The van der Waals surface area contributed by atoms with E-state index in [1.54, 1.807) is 0 Å². The van der Waals surface area contributed by atoms with E-state index in [4.69, 9.17) is 9.72 Å². The number of hydrogen-bond acceptors (Lipinski definition) is 5. The molecule has 1 N–H and O–H groups in total. The van der Waals surface area contributed by atoms with E-state index < -0.39 is 0 Å². The van der Waals surface area contributed by atoms with Crippen molar-refractivity contribution in [3.8, 4) is 5.88 Å². The summed E-state index contributed by atoms with van der Waals surface area (Å²) in [4.78, 5) is 24.6. The molecule has 0 spiro atoms. The number of para-hydroxylation sites is 2. The van der Waals surface area contributed by atoms with Crippen LogP contribution in [0.1, 0.15) is 45.1 Å². The van der Waals surface area contributed by atoms with Crippen LogP contribution in [0.4, 0.5) is 11.5 Å². The monoisotopic (exact) mass is 418 g/mol. The fourth-order valence-corrected chi connectivity index (χ4v) is 3.99. The van der Waals surface area contributed by atoms with Crippen LogP contribution < -0.4 is 15.0 Å². The third-order valence-corrected chi connectivity index (χ3v) is 5.74. The van der Waals surface area contributed by atoms with Crippen LogP contribution >= 0.6 is 0 Å². The Morgan fingerprint density at radius 3 is 2.52 bits per heavy atom. The van der Waals surface area contributed by atoms with E-state index in [0.29, 0.717) is 24.9 Å². The van der Waals surface area contributed by atoms with Crippen molar-refractivity contribution < 1.29 is 9.53 Å². The number of anilines is 2. The van der Waals surface area contributed by atoms with Crippen LogP contribution in [0, 0.1) is 5.92 Å². The average Bonchev–Trinajstić information content (AvgIpc) is 2.79. The van der Waals surface area contributed by atoms with E-state index in [-0.39, 0.29) is 11.8 Å². The van der Waals surface area contributed by atoms with Gasteiger partial charge in [0.2, 0.25) is 5.91 Å². The van der Waals surface area contributed by atoms with E-state index in [9.17, 15) is 4.79 Å². The number of piperidine rings is 1. The van der Waals surface area contributed by atoms with Gasteiger partial charge in [0.25, 0.3) is 5.88 Å². The Bertz CT molecular complexity index is 1050. The lowest BCUT2D eigenvalue weighted by molar-refractivity contribution is -0.120. The number of nitrogens with zero attached hydrogens (tertiary/aromatic N) is 3. The molecule has 0 unspecified atom stereocenters. The van der Waals surface area contributed by atoms with Gasteiger partial charge in [-0.3, -0.25) is 4.79 Å². The van der Waals surface area contributed by atoms with E-state index in [0.717, 1.165) is 41.9 Å². The summed E-state index contributed by atoms with van der Waals surface area (Å²) < 4.78 is 5.80. The zero-order valence-corrected chi connectivity index (χ0v) is 18.5. The molecular weight excluding hydrogens is 388 g/mol. The number of nitrogens with one attached hydrogen (secondary N) is 1. The summed E-state index contributed by atoms with van der Waals surface area (Å²) in [5.74, 6) is 1.67. The lowest BCUT2D eigenvalue weighted by Gasteiger charge is -2.33. The summed E-state index contributed by atoms with van der Waals surface area (Å²) in [6, 6.07) is 15.9. The predicted octanol–water partition coefficient (Wildman–Crippen LogP) is 5.01. The maximum absolute atomic E-state index is 13.0. The molecule has 1 aliphatic rings. The number of hydrogen-bond donors (Lipinski definition) is 1. The number of ether oxygens (including phenoxy) is 1.